The lowest BCUT2D eigenvalue weighted by Gasteiger charge is -2.08. The Morgan fingerprint density at radius 2 is 1.78 bits per heavy atom. The lowest BCUT2D eigenvalue weighted by atomic mass is 10.2. The van der Waals surface area contributed by atoms with Gasteiger partial charge in [-0.3, -0.25) is 9.59 Å². The second kappa shape index (κ2) is 7.05. The quantitative estimate of drug-likeness (QED) is 0.512. The largest absolute Gasteiger partial charge is 0.416 e. The van der Waals surface area contributed by atoms with Crippen molar-refractivity contribution in [1.82, 2.24) is 5.43 Å². The maximum absolute atomic E-state index is 12.4. The monoisotopic (exact) mass is 341 g/mol. The Hall–Kier alpha value is -2.68. The van der Waals surface area contributed by atoms with Gasteiger partial charge in [-0.2, -0.15) is 18.3 Å². The van der Waals surface area contributed by atoms with Crippen molar-refractivity contribution in [2.75, 3.05) is 5.32 Å². The van der Waals surface area contributed by atoms with Crippen molar-refractivity contribution in [2.45, 2.75) is 6.18 Å². The fraction of sp³-hybridized carbons (Fsp3) is 0.0714. The molecule has 2 rings (SSSR count). The summed E-state index contributed by atoms with van der Waals surface area (Å²) in [6.07, 6.45) is -3.09. The first-order valence-corrected chi connectivity index (χ1v) is 7.09. The molecule has 0 saturated heterocycles. The van der Waals surface area contributed by atoms with E-state index in [0.29, 0.717) is 0 Å². The molecule has 0 radical (unpaired) electrons. The fourth-order valence-corrected chi connectivity index (χ4v) is 2.09. The first-order valence-electron chi connectivity index (χ1n) is 6.21. The van der Waals surface area contributed by atoms with Crippen LogP contribution in [0.5, 0.6) is 0 Å². The molecule has 1 heterocycles. The van der Waals surface area contributed by atoms with Crippen molar-refractivity contribution in [3.8, 4) is 0 Å². The van der Waals surface area contributed by atoms with Crippen molar-refractivity contribution in [2.24, 2.45) is 5.10 Å². The molecule has 0 unspecified atom stereocenters. The number of hydrogen-bond acceptors (Lipinski definition) is 4. The topological polar surface area (TPSA) is 70.6 Å². The van der Waals surface area contributed by atoms with Gasteiger partial charge in [-0.15, -0.1) is 11.3 Å². The minimum atomic E-state index is -4.46. The van der Waals surface area contributed by atoms with Gasteiger partial charge in [0.25, 0.3) is 0 Å². The van der Waals surface area contributed by atoms with E-state index in [1.807, 2.05) is 10.8 Å². The predicted octanol–water partition coefficient (Wildman–Crippen LogP) is 2.86. The molecule has 0 atom stereocenters. The van der Waals surface area contributed by atoms with Crippen LogP contribution in [0.15, 0.2) is 46.9 Å². The Morgan fingerprint density at radius 3 is 2.35 bits per heavy atom. The summed E-state index contributed by atoms with van der Waals surface area (Å²) in [6, 6.07) is 7.30. The number of hydrogen-bond donors (Lipinski definition) is 2. The number of carbonyl (C=O) groups excluding carboxylic acids is 2. The summed E-state index contributed by atoms with van der Waals surface area (Å²) in [4.78, 5) is 23.8. The number of halogens is 3. The molecule has 1 aromatic heterocycles. The van der Waals surface area contributed by atoms with Gasteiger partial charge in [0, 0.05) is 10.6 Å². The van der Waals surface area contributed by atoms with Crippen LogP contribution in [-0.4, -0.2) is 18.0 Å². The number of anilines is 1. The van der Waals surface area contributed by atoms with Gasteiger partial charge in [0.05, 0.1) is 11.8 Å². The SMILES string of the molecule is O=C(N/N=C\c1cccs1)C(=O)Nc1ccc(C(F)(F)F)cc1. The molecular formula is C14H10F3N3O2S. The number of alkyl halides is 3. The first-order chi connectivity index (χ1) is 10.9. The number of nitrogens with one attached hydrogen (secondary N) is 2. The number of thiophene rings is 1. The zero-order chi connectivity index (χ0) is 16.9. The zero-order valence-electron chi connectivity index (χ0n) is 11.4. The zero-order valence-corrected chi connectivity index (χ0v) is 12.2. The minimum Gasteiger partial charge on any atom is -0.318 e. The lowest BCUT2D eigenvalue weighted by Crippen LogP contribution is -2.32. The van der Waals surface area contributed by atoms with Crippen molar-refractivity contribution in [3.63, 3.8) is 0 Å². The predicted molar refractivity (Wildman–Crippen MR) is 80.1 cm³/mol. The third-order valence-electron chi connectivity index (χ3n) is 2.58. The number of carbonyl (C=O) groups is 2. The van der Waals surface area contributed by atoms with Crippen molar-refractivity contribution in [3.05, 3.63) is 52.2 Å². The third kappa shape index (κ3) is 4.92. The maximum atomic E-state index is 12.4. The van der Waals surface area contributed by atoms with Gasteiger partial charge in [0.15, 0.2) is 0 Å². The average molecular weight is 341 g/mol. The Kier molecular flexibility index (Phi) is 5.12. The first kappa shape index (κ1) is 16.7. The van der Waals surface area contributed by atoms with Gasteiger partial charge in [-0.1, -0.05) is 6.07 Å². The van der Waals surface area contributed by atoms with Crippen LogP contribution in [0.3, 0.4) is 0 Å². The summed E-state index contributed by atoms with van der Waals surface area (Å²) in [6.45, 7) is 0. The van der Waals surface area contributed by atoms with Crippen molar-refractivity contribution >= 4 is 35.1 Å². The van der Waals surface area contributed by atoms with Crippen LogP contribution in [0.1, 0.15) is 10.4 Å². The Labute approximate surface area is 132 Å². The molecule has 0 aliphatic carbocycles. The summed E-state index contributed by atoms with van der Waals surface area (Å²) in [5.74, 6) is -2.06. The number of nitrogens with zero attached hydrogens (tertiary/aromatic N) is 1. The third-order valence-corrected chi connectivity index (χ3v) is 3.38. The Balaban J connectivity index is 1.89. The van der Waals surface area contributed by atoms with E-state index < -0.39 is 23.6 Å². The van der Waals surface area contributed by atoms with Crippen LogP contribution < -0.4 is 10.7 Å². The van der Waals surface area contributed by atoms with E-state index in [2.05, 4.69) is 10.4 Å². The highest BCUT2D eigenvalue weighted by Crippen LogP contribution is 2.29. The number of rotatable bonds is 3. The number of hydrazone groups is 1. The fourth-order valence-electron chi connectivity index (χ4n) is 1.50. The highest BCUT2D eigenvalue weighted by molar-refractivity contribution is 7.11. The van der Waals surface area contributed by atoms with E-state index in [0.717, 1.165) is 29.1 Å². The highest BCUT2D eigenvalue weighted by Gasteiger charge is 2.30. The van der Waals surface area contributed by atoms with Gasteiger partial charge >= 0.3 is 18.0 Å². The highest BCUT2D eigenvalue weighted by atomic mass is 32.1. The molecule has 23 heavy (non-hydrogen) atoms. The van der Waals surface area contributed by atoms with Gasteiger partial charge in [0.1, 0.15) is 0 Å². The lowest BCUT2D eigenvalue weighted by molar-refractivity contribution is -0.137. The molecule has 9 heteroatoms. The maximum Gasteiger partial charge on any atom is 0.416 e. The second-order valence-electron chi connectivity index (χ2n) is 4.24. The Morgan fingerprint density at radius 1 is 1.09 bits per heavy atom. The smallest absolute Gasteiger partial charge is 0.318 e. The van der Waals surface area contributed by atoms with Crippen molar-refractivity contribution in [1.29, 1.82) is 0 Å². The summed E-state index contributed by atoms with van der Waals surface area (Å²) in [5, 5.41) is 7.59. The van der Waals surface area contributed by atoms with Crippen LogP contribution in [0.4, 0.5) is 18.9 Å². The van der Waals surface area contributed by atoms with Crippen LogP contribution in [0.25, 0.3) is 0 Å². The molecule has 5 nitrogen and oxygen atoms in total. The van der Waals surface area contributed by atoms with E-state index in [1.54, 1.807) is 12.1 Å². The van der Waals surface area contributed by atoms with E-state index >= 15 is 0 Å². The summed E-state index contributed by atoms with van der Waals surface area (Å²) < 4.78 is 37.2. The molecule has 0 saturated carbocycles. The second-order valence-corrected chi connectivity index (χ2v) is 5.22. The van der Waals surface area contributed by atoms with Crippen LogP contribution in [0, 0.1) is 0 Å². The Bertz CT molecular complexity index is 710. The minimum absolute atomic E-state index is 0.0698. The summed E-state index contributed by atoms with van der Waals surface area (Å²) in [5.41, 5.74) is 1.24. The van der Waals surface area contributed by atoms with E-state index in [9.17, 15) is 22.8 Å². The molecule has 0 bridgehead atoms. The number of benzene rings is 1. The van der Waals surface area contributed by atoms with E-state index in [1.165, 1.54) is 17.6 Å². The van der Waals surface area contributed by atoms with E-state index in [-0.39, 0.29) is 5.69 Å². The summed E-state index contributed by atoms with van der Waals surface area (Å²) >= 11 is 1.40. The van der Waals surface area contributed by atoms with Crippen LogP contribution >= 0.6 is 11.3 Å². The van der Waals surface area contributed by atoms with Crippen LogP contribution in [-0.2, 0) is 15.8 Å². The molecule has 0 spiro atoms. The molecule has 1 aromatic carbocycles. The van der Waals surface area contributed by atoms with Crippen LogP contribution in [0.2, 0.25) is 0 Å². The van der Waals surface area contributed by atoms with Gasteiger partial charge in [0.2, 0.25) is 0 Å². The molecule has 2 N–H and O–H groups in total. The molecule has 2 amide bonds. The normalized spacial score (nSPS) is 11.4. The molecule has 120 valence electrons. The summed E-state index contributed by atoms with van der Waals surface area (Å²) in [7, 11) is 0. The molecule has 2 aromatic rings. The molecular weight excluding hydrogens is 331 g/mol. The van der Waals surface area contributed by atoms with E-state index in [4.69, 9.17) is 0 Å². The van der Waals surface area contributed by atoms with Gasteiger partial charge < -0.3 is 5.32 Å². The molecule has 0 aliphatic heterocycles. The van der Waals surface area contributed by atoms with Gasteiger partial charge in [-0.25, -0.2) is 5.43 Å². The standard InChI is InChI=1S/C14H10F3N3O2S/c15-14(16,17)9-3-5-10(6-4-9)19-12(21)13(22)20-18-8-11-2-1-7-23-11/h1-8H,(H,19,21)(H,20,22)/b18-8-. The average Bonchev–Trinajstić information content (AvgIpc) is 3.00. The molecule has 0 aliphatic rings. The molecule has 0 fully saturated rings. The van der Waals surface area contributed by atoms with Gasteiger partial charge in [-0.05, 0) is 35.7 Å². The van der Waals surface area contributed by atoms with Crippen molar-refractivity contribution < 1.29 is 22.8 Å². The number of amides is 2.